The van der Waals surface area contributed by atoms with Crippen LogP contribution in [0.25, 0.3) is 0 Å². The molecule has 0 unspecified atom stereocenters. The zero-order chi connectivity index (χ0) is 15.6. The molecule has 0 aliphatic heterocycles. The van der Waals surface area contributed by atoms with Gasteiger partial charge in [0.1, 0.15) is 10.8 Å². The maximum Gasteiger partial charge on any atom is 0.261 e. The van der Waals surface area contributed by atoms with Crippen molar-refractivity contribution in [1.82, 2.24) is 0 Å². The molecule has 0 radical (unpaired) electrons. The lowest BCUT2D eigenvalue weighted by Gasteiger charge is -2.20. The Hall–Kier alpha value is -1.98. The van der Waals surface area contributed by atoms with Gasteiger partial charge >= 0.3 is 0 Å². The third kappa shape index (κ3) is 3.20. The van der Waals surface area contributed by atoms with Gasteiger partial charge in [0, 0.05) is 17.6 Å². The zero-order valence-electron chi connectivity index (χ0n) is 11.1. The van der Waals surface area contributed by atoms with Gasteiger partial charge in [0.05, 0.1) is 11.3 Å². The van der Waals surface area contributed by atoms with Crippen molar-refractivity contribution in [3.8, 4) is 0 Å². The molecule has 0 aliphatic rings. The number of para-hydroxylation sites is 1. The summed E-state index contributed by atoms with van der Waals surface area (Å²) < 4.78 is 13.8. The monoisotopic (exact) mass is 322 g/mol. The predicted octanol–water partition coefficient (Wildman–Crippen LogP) is 3.39. The highest BCUT2D eigenvalue weighted by Gasteiger charge is 2.20. The lowest BCUT2D eigenvalue weighted by atomic mass is 10.1. The third-order valence-electron chi connectivity index (χ3n) is 2.99. The minimum absolute atomic E-state index is 0.109. The number of nitrogens with zero attached hydrogens (tertiary/aromatic N) is 1. The van der Waals surface area contributed by atoms with E-state index < -0.39 is 11.7 Å². The Morgan fingerprint density at radius 2 is 1.90 bits per heavy atom. The van der Waals surface area contributed by atoms with E-state index in [1.165, 1.54) is 24.1 Å². The van der Waals surface area contributed by atoms with Crippen molar-refractivity contribution in [2.24, 2.45) is 5.73 Å². The van der Waals surface area contributed by atoms with Gasteiger partial charge in [-0.2, -0.15) is 0 Å². The fraction of sp³-hybridized carbons (Fsp3) is 0.0667. The maximum absolute atomic E-state index is 13.8. The number of thiocarbonyl (C=S) groups is 1. The van der Waals surface area contributed by atoms with Gasteiger partial charge in [-0.15, -0.1) is 0 Å². The Bertz CT molecular complexity index is 721. The van der Waals surface area contributed by atoms with E-state index in [1.54, 1.807) is 24.3 Å². The van der Waals surface area contributed by atoms with Crippen molar-refractivity contribution in [3.63, 3.8) is 0 Å². The van der Waals surface area contributed by atoms with Crippen LogP contribution in [-0.4, -0.2) is 17.9 Å². The molecule has 2 N–H and O–H groups in total. The van der Waals surface area contributed by atoms with Crippen LogP contribution < -0.4 is 10.6 Å². The van der Waals surface area contributed by atoms with Crippen molar-refractivity contribution < 1.29 is 9.18 Å². The van der Waals surface area contributed by atoms with Gasteiger partial charge in [0.25, 0.3) is 5.91 Å². The molecule has 0 atom stereocenters. The number of rotatable bonds is 3. The Kier molecular flexibility index (Phi) is 4.55. The molecular formula is C15H12ClFN2OS. The standard InChI is InChI=1S/C15H12ClFN2OS/c1-19(13-5-3-2-4-10(13)14(18)21)15(20)11-8-9(16)6-7-12(11)17/h2-8H,1H3,(H2,18,21). The first kappa shape index (κ1) is 15.4. The van der Waals surface area contributed by atoms with Crippen LogP contribution in [0.15, 0.2) is 42.5 Å². The average Bonchev–Trinajstić information content (AvgIpc) is 2.48. The molecule has 2 aromatic carbocycles. The van der Waals surface area contributed by atoms with E-state index in [9.17, 15) is 9.18 Å². The van der Waals surface area contributed by atoms with Crippen LogP contribution in [0.4, 0.5) is 10.1 Å². The Balaban J connectivity index is 2.45. The first-order chi connectivity index (χ1) is 9.91. The van der Waals surface area contributed by atoms with E-state index in [2.05, 4.69) is 0 Å². The number of nitrogens with two attached hydrogens (primary N) is 1. The highest BCUT2D eigenvalue weighted by Crippen LogP contribution is 2.23. The van der Waals surface area contributed by atoms with Crippen LogP contribution in [0.5, 0.6) is 0 Å². The molecule has 0 saturated carbocycles. The summed E-state index contributed by atoms with van der Waals surface area (Å²) in [6.45, 7) is 0. The SMILES string of the molecule is CN(C(=O)c1cc(Cl)ccc1F)c1ccccc1C(N)=S. The quantitative estimate of drug-likeness (QED) is 0.881. The van der Waals surface area contributed by atoms with E-state index in [-0.39, 0.29) is 15.6 Å². The number of hydrogen-bond acceptors (Lipinski definition) is 2. The Morgan fingerprint density at radius 3 is 2.57 bits per heavy atom. The highest BCUT2D eigenvalue weighted by molar-refractivity contribution is 7.80. The molecule has 0 bridgehead atoms. The van der Waals surface area contributed by atoms with Gasteiger partial charge in [-0.25, -0.2) is 4.39 Å². The molecule has 6 heteroatoms. The minimum atomic E-state index is -0.635. The summed E-state index contributed by atoms with van der Waals surface area (Å²) in [6, 6.07) is 10.7. The van der Waals surface area contributed by atoms with Crippen LogP contribution >= 0.6 is 23.8 Å². The van der Waals surface area contributed by atoms with Crippen LogP contribution in [0.3, 0.4) is 0 Å². The molecule has 0 saturated heterocycles. The van der Waals surface area contributed by atoms with Gasteiger partial charge in [-0.3, -0.25) is 4.79 Å². The molecule has 0 aromatic heterocycles. The fourth-order valence-electron chi connectivity index (χ4n) is 1.93. The molecule has 21 heavy (non-hydrogen) atoms. The summed E-state index contributed by atoms with van der Waals surface area (Å²) in [7, 11) is 1.53. The largest absolute Gasteiger partial charge is 0.389 e. The summed E-state index contributed by atoms with van der Waals surface area (Å²) >= 11 is 10.8. The molecular weight excluding hydrogens is 311 g/mol. The zero-order valence-corrected chi connectivity index (χ0v) is 12.7. The molecule has 0 heterocycles. The maximum atomic E-state index is 13.8. The molecule has 3 nitrogen and oxygen atoms in total. The fourth-order valence-corrected chi connectivity index (χ4v) is 2.27. The molecule has 0 spiro atoms. The van der Waals surface area contributed by atoms with Crippen LogP contribution in [0.1, 0.15) is 15.9 Å². The summed E-state index contributed by atoms with van der Waals surface area (Å²) in [5.74, 6) is -1.16. The second-order valence-corrected chi connectivity index (χ2v) is 5.25. The first-order valence-corrected chi connectivity index (χ1v) is 6.82. The third-order valence-corrected chi connectivity index (χ3v) is 3.45. The topological polar surface area (TPSA) is 46.3 Å². The summed E-state index contributed by atoms with van der Waals surface area (Å²) in [6.07, 6.45) is 0. The molecule has 1 amide bonds. The van der Waals surface area contributed by atoms with Crippen molar-refractivity contribution >= 4 is 40.4 Å². The number of amides is 1. The summed E-state index contributed by atoms with van der Waals surface area (Å²) in [4.78, 5) is 13.9. The van der Waals surface area contributed by atoms with Crippen LogP contribution in [-0.2, 0) is 0 Å². The highest BCUT2D eigenvalue weighted by atomic mass is 35.5. The smallest absolute Gasteiger partial charge is 0.261 e. The van der Waals surface area contributed by atoms with E-state index in [4.69, 9.17) is 29.6 Å². The lowest BCUT2D eigenvalue weighted by molar-refractivity contribution is 0.0989. The lowest BCUT2D eigenvalue weighted by Crippen LogP contribution is -2.29. The predicted molar refractivity (Wildman–Crippen MR) is 86.5 cm³/mol. The van der Waals surface area contributed by atoms with Crippen molar-refractivity contribution in [3.05, 3.63) is 64.4 Å². The van der Waals surface area contributed by atoms with E-state index in [0.717, 1.165) is 6.07 Å². The number of hydrogen-bond donors (Lipinski definition) is 1. The summed E-state index contributed by atoms with van der Waals surface area (Å²) in [5, 5.41) is 0.288. The Labute approximate surface area is 132 Å². The van der Waals surface area contributed by atoms with Crippen LogP contribution in [0, 0.1) is 5.82 Å². The van der Waals surface area contributed by atoms with Crippen LogP contribution in [0.2, 0.25) is 5.02 Å². The average molecular weight is 323 g/mol. The van der Waals surface area contributed by atoms with E-state index in [1.807, 2.05) is 0 Å². The number of carbonyl (C=O) groups excluding carboxylic acids is 1. The number of benzene rings is 2. The molecule has 2 aromatic rings. The first-order valence-electron chi connectivity index (χ1n) is 6.03. The second-order valence-electron chi connectivity index (χ2n) is 4.37. The van der Waals surface area contributed by atoms with Crippen molar-refractivity contribution in [1.29, 1.82) is 0 Å². The van der Waals surface area contributed by atoms with Crippen molar-refractivity contribution in [2.75, 3.05) is 11.9 Å². The van der Waals surface area contributed by atoms with E-state index >= 15 is 0 Å². The van der Waals surface area contributed by atoms with Gasteiger partial charge < -0.3 is 10.6 Å². The van der Waals surface area contributed by atoms with Gasteiger partial charge in [-0.1, -0.05) is 36.0 Å². The summed E-state index contributed by atoms with van der Waals surface area (Å²) in [5.41, 5.74) is 6.59. The molecule has 108 valence electrons. The van der Waals surface area contributed by atoms with Crippen molar-refractivity contribution in [2.45, 2.75) is 0 Å². The van der Waals surface area contributed by atoms with E-state index in [0.29, 0.717) is 11.3 Å². The number of anilines is 1. The number of carbonyl (C=O) groups is 1. The van der Waals surface area contributed by atoms with Gasteiger partial charge in [0.2, 0.25) is 0 Å². The number of halogens is 2. The molecule has 0 fully saturated rings. The molecule has 2 rings (SSSR count). The molecule has 0 aliphatic carbocycles. The Morgan fingerprint density at radius 1 is 1.24 bits per heavy atom. The second kappa shape index (κ2) is 6.20. The minimum Gasteiger partial charge on any atom is -0.389 e. The van der Waals surface area contributed by atoms with Gasteiger partial charge in [0.15, 0.2) is 0 Å². The normalized spacial score (nSPS) is 10.2. The van der Waals surface area contributed by atoms with Gasteiger partial charge in [-0.05, 0) is 30.3 Å².